The maximum atomic E-state index is 13.2. The minimum absolute atomic E-state index is 0.0957. The molecule has 132 valence electrons. The van der Waals surface area contributed by atoms with Gasteiger partial charge in [-0.05, 0) is 43.5 Å². The van der Waals surface area contributed by atoms with Crippen molar-refractivity contribution in [3.63, 3.8) is 0 Å². The molecule has 1 amide bonds. The van der Waals surface area contributed by atoms with Crippen molar-refractivity contribution >= 4 is 11.9 Å². The summed E-state index contributed by atoms with van der Waals surface area (Å²) in [6.07, 6.45) is 3.30. The Morgan fingerprint density at radius 3 is 2.44 bits per heavy atom. The average Bonchev–Trinajstić information content (AvgIpc) is 3.21. The van der Waals surface area contributed by atoms with Crippen LogP contribution >= 0.6 is 0 Å². The monoisotopic (exact) mass is 345 g/mol. The number of amides is 1. The molecule has 2 N–H and O–H groups in total. The topological polar surface area (TPSA) is 79.5 Å². The van der Waals surface area contributed by atoms with Gasteiger partial charge >= 0.3 is 5.97 Å². The van der Waals surface area contributed by atoms with Crippen LogP contribution in [-0.4, -0.2) is 17.0 Å². The molecule has 3 rings (SSSR count). The number of carbonyl (C=O) groups is 2. The molecule has 1 saturated carbocycles. The van der Waals surface area contributed by atoms with E-state index in [-0.39, 0.29) is 23.8 Å². The standard InChI is InChI=1S/C19H20FNO4/c1-12-16(17(22)23)10-15(25-12)11-21-18(24)19(8-2-3-9-19)13-4-6-14(20)7-5-13/h4-7,10H,2-3,8-9,11H2,1H3,(H,21,24)(H,22,23). The maximum absolute atomic E-state index is 13.2. The molecule has 1 aromatic carbocycles. The van der Waals surface area contributed by atoms with Gasteiger partial charge in [-0.2, -0.15) is 0 Å². The third kappa shape index (κ3) is 3.29. The number of aromatic carboxylic acids is 1. The van der Waals surface area contributed by atoms with Gasteiger partial charge in [0, 0.05) is 0 Å². The number of hydrogen-bond acceptors (Lipinski definition) is 3. The van der Waals surface area contributed by atoms with Crippen LogP contribution in [0.1, 0.15) is 53.1 Å². The minimum atomic E-state index is -1.06. The predicted octanol–water partition coefficient (Wildman–Crippen LogP) is 3.55. The van der Waals surface area contributed by atoms with Gasteiger partial charge in [-0.1, -0.05) is 25.0 Å². The first-order chi connectivity index (χ1) is 11.9. The Morgan fingerprint density at radius 2 is 1.88 bits per heavy atom. The number of furan rings is 1. The first-order valence-corrected chi connectivity index (χ1v) is 8.29. The zero-order valence-corrected chi connectivity index (χ0v) is 14.0. The molecule has 0 saturated heterocycles. The highest BCUT2D eigenvalue weighted by atomic mass is 19.1. The average molecular weight is 345 g/mol. The molecule has 6 heteroatoms. The highest BCUT2D eigenvalue weighted by molar-refractivity contribution is 5.89. The van der Waals surface area contributed by atoms with Crippen LogP contribution in [-0.2, 0) is 16.8 Å². The van der Waals surface area contributed by atoms with Gasteiger partial charge in [0.2, 0.25) is 5.91 Å². The molecule has 0 radical (unpaired) electrons. The Morgan fingerprint density at radius 1 is 1.24 bits per heavy atom. The number of nitrogens with one attached hydrogen (secondary N) is 1. The van der Waals surface area contributed by atoms with E-state index in [2.05, 4.69) is 5.32 Å². The lowest BCUT2D eigenvalue weighted by molar-refractivity contribution is -0.126. The second-order valence-corrected chi connectivity index (χ2v) is 6.47. The number of benzene rings is 1. The molecule has 1 aromatic heterocycles. The maximum Gasteiger partial charge on any atom is 0.339 e. The second kappa shape index (κ2) is 6.70. The number of rotatable bonds is 5. The van der Waals surface area contributed by atoms with Gasteiger partial charge in [-0.25, -0.2) is 9.18 Å². The van der Waals surface area contributed by atoms with Gasteiger partial charge < -0.3 is 14.8 Å². The van der Waals surface area contributed by atoms with E-state index in [1.165, 1.54) is 18.2 Å². The third-order valence-electron chi connectivity index (χ3n) is 4.91. The lowest BCUT2D eigenvalue weighted by Gasteiger charge is -2.28. The number of carbonyl (C=O) groups excluding carboxylic acids is 1. The van der Waals surface area contributed by atoms with Crippen molar-refractivity contribution < 1.29 is 23.5 Å². The van der Waals surface area contributed by atoms with E-state index in [1.54, 1.807) is 19.1 Å². The number of carboxylic acid groups (broad SMARTS) is 1. The molecule has 1 heterocycles. The van der Waals surface area contributed by atoms with Crippen molar-refractivity contribution in [2.24, 2.45) is 0 Å². The second-order valence-electron chi connectivity index (χ2n) is 6.47. The number of halogens is 1. The number of carboxylic acids is 1. The summed E-state index contributed by atoms with van der Waals surface area (Å²) >= 11 is 0. The Hall–Kier alpha value is -2.63. The van der Waals surface area contributed by atoms with Gasteiger partial charge in [-0.3, -0.25) is 4.79 Å². The Kier molecular flexibility index (Phi) is 4.61. The van der Waals surface area contributed by atoms with E-state index >= 15 is 0 Å². The van der Waals surface area contributed by atoms with Crippen LogP contribution in [0.5, 0.6) is 0 Å². The Bertz CT molecular complexity index is 788. The lowest BCUT2D eigenvalue weighted by Crippen LogP contribution is -2.42. The number of hydrogen-bond donors (Lipinski definition) is 2. The van der Waals surface area contributed by atoms with E-state index in [9.17, 15) is 14.0 Å². The van der Waals surface area contributed by atoms with E-state index in [4.69, 9.17) is 9.52 Å². The number of aryl methyl sites for hydroxylation is 1. The molecule has 1 aliphatic carbocycles. The van der Waals surface area contributed by atoms with E-state index in [0.717, 1.165) is 18.4 Å². The van der Waals surface area contributed by atoms with Crippen molar-refractivity contribution in [2.75, 3.05) is 0 Å². The molecule has 1 fully saturated rings. The molecular formula is C19H20FNO4. The van der Waals surface area contributed by atoms with Crippen LogP contribution in [0.25, 0.3) is 0 Å². The summed E-state index contributed by atoms with van der Waals surface area (Å²) in [4.78, 5) is 24.0. The normalized spacial score (nSPS) is 15.9. The molecule has 0 aliphatic heterocycles. The molecule has 1 aliphatic rings. The fourth-order valence-electron chi connectivity index (χ4n) is 3.57. The summed E-state index contributed by atoms with van der Waals surface area (Å²) in [7, 11) is 0. The zero-order valence-electron chi connectivity index (χ0n) is 14.0. The van der Waals surface area contributed by atoms with Crippen LogP contribution in [0.2, 0.25) is 0 Å². The van der Waals surface area contributed by atoms with Crippen LogP contribution < -0.4 is 5.32 Å². The van der Waals surface area contributed by atoms with Gasteiger partial charge in [0.1, 0.15) is 22.9 Å². The van der Waals surface area contributed by atoms with E-state index < -0.39 is 11.4 Å². The van der Waals surface area contributed by atoms with Crippen LogP contribution in [0.15, 0.2) is 34.7 Å². The highest BCUT2D eigenvalue weighted by Crippen LogP contribution is 2.41. The SMILES string of the molecule is Cc1oc(CNC(=O)C2(c3ccc(F)cc3)CCCC2)cc1C(=O)O. The largest absolute Gasteiger partial charge is 0.478 e. The molecular weight excluding hydrogens is 325 g/mol. The van der Waals surface area contributed by atoms with Crippen LogP contribution in [0.4, 0.5) is 4.39 Å². The lowest BCUT2D eigenvalue weighted by atomic mass is 9.78. The van der Waals surface area contributed by atoms with Gasteiger partial charge in [-0.15, -0.1) is 0 Å². The first-order valence-electron chi connectivity index (χ1n) is 8.29. The molecule has 0 bridgehead atoms. The first kappa shape index (κ1) is 17.2. The molecule has 25 heavy (non-hydrogen) atoms. The fourth-order valence-corrected chi connectivity index (χ4v) is 3.57. The minimum Gasteiger partial charge on any atom is -0.478 e. The van der Waals surface area contributed by atoms with Gasteiger partial charge in [0.25, 0.3) is 0 Å². The van der Waals surface area contributed by atoms with Crippen molar-refractivity contribution in [2.45, 2.75) is 44.6 Å². The summed E-state index contributed by atoms with van der Waals surface area (Å²) in [5.74, 6) is -0.814. The smallest absolute Gasteiger partial charge is 0.339 e. The Labute approximate surface area is 144 Å². The highest BCUT2D eigenvalue weighted by Gasteiger charge is 2.42. The van der Waals surface area contributed by atoms with Crippen LogP contribution in [0, 0.1) is 12.7 Å². The predicted molar refractivity (Wildman–Crippen MR) is 88.8 cm³/mol. The van der Waals surface area contributed by atoms with Crippen molar-refractivity contribution in [3.8, 4) is 0 Å². The summed E-state index contributed by atoms with van der Waals surface area (Å²) in [5.41, 5.74) is 0.245. The summed E-state index contributed by atoms with van der Waals surface area (Å²) in [6.45, 7) is 1.70. The van der Waals surface area contributed by atoms with Gasteiger partial charge in [0.05, 0.1) is 12.0 Å². The van der Waals surface area contributed by atoms with Crippen molar-refractivity contribution in [1.29, 1.82) is 0 Å². The van der Waals surface area contributed by atoms with Crippen LogP contribution in [0.3, 0.4) is 0 Å². The molecule has 2 aromatic rings. The summed E-state index contributed by atoms with van der Waals surface area (Å²) < 4.78 is 18.6. The van der Waals surface area contributed by atoms with E-state index in [1.807, 2.05) is 0 Å². The van der Waals surface area contributed by atoms with Crippen molar-refractivity contribution in [3.05, 3.63) is 58.8 Å². The fraction of sp³-hybridized carbons (Fsp3) is 0.368. The Balaban J connectivity index is 1.77. The van der Waals surface area contributed by atoms with E-state index in [0.29, 0.717) is 24.4 Å². The van der Waals surface area contributed by atoms with Gasteiger partial charge in [0.15, 0.2) is 0 Å². The molecule has 0 atom stereocenters. The molecule has 5 nitrogen and oxygen atoms in total. The quantitative estimate of drug-likeness (QED) is 0.868. The third-order valence-corrected chi connectivity index (χ3v) is 4.91. The summed E-state index contributed by atoms with van der Waals surface area (Å²) in [5, 5.41) is 11.9. The zero-order chi connectivity index (χ0) is 18.0. The summed E-state index contributed by atoms with van der Waals surface area (Å²) in [6, 6.07) is 7.51. The molecule has 0 spiro atoms. The molecule has 0 unspecified atom stereocenters. The van der Waals surface area contributed by atoms with Crippen molar-refractivity contribution in [1.82, 2.24) is 5.32 Å².